The van der Waals surface area contributed by atoms with E-state index < -0.39 is 12.1 Å². The fourth-order valence-electron chi connectivity index (χ4n) is 5.81. The lowest BCUT2D eigenvalue weighted by atomic mass is 9.96. The van der Waals surface area contributed by atoms with Crippen molar-refractivity contribution in [1.29, 1.82) is 0 Å². The van der Waals surface area contributed by atoms with Gasteiger partial charge < -0.3 is 15.5 Å². The Bertz CT molecular complexity index is 1120. The summed E-state index contributed by atoms with van der Waals surface area (Å²) >= 11 is 0. The number of rotatable bonds is 9. The molecule has 1 aromatic carbocycles. The van der Waals surface area contributed by atoms with Crippen molar-refractivity contribution in [2.24, 2.45) is 5.92 Å². The van der Waals surface area contributed by atoms with Crippen LogP contribution < -0.4 is 15.5 Å². The van der Waals surface area contributed by atoms with Gasteiger partial charge >= 0.3 is 0 Å². The quantitative estimate of drug-likeness (QED) is 0.484. The van der Waals surface area contributed by atoms with Gasteiger partial charge in [0.15, 0.2) is 0 Å². The zero-order valence-electron chi connectivity index (χ0n) is 21.0. The number of hydrogen-bond acceptors (Lipinski definition) is 6. The summed E-state index contributed by atoms with van der Waals surface area (Å²) < 4.78 is 0. The highest BCUT2D eigenvalue weighted by Crippen LogP contribution is 2.39. The van der Waals surface area contributed by atoms with Crippen LogP contribution in [-0.4, -0.2) is 69.2 Å². The molecule has 0 saturated carbocycles. The molecule has 0 unspecified atom stereocenters. The van der Waals surface area contributed by atoms with Gasteiger partial charge in [-0.25, -0.2) is 0 Å². The van der Waals surface area contributed by atoms with Gasteiger partial charge in [-0.1, -0.05) is 38.5 Å². The Morgan fingerprint density at radius 1 is 1.25 bits per heavy atom. The highest BCUT2D eigenvalue weighted by Gasteiger charge is 2.44. The van der Waals surface area contributed by atoms with Crippen molar-refractivity contribution < 1.29 is 14.4 Å². The van der Waals surface area contributed by atoms with Gasteiger partial charge in [-0.05, 0) is 36.3 Å². The molecule has 3 amide bonds. The lowest BCUT2D eigenvalue weighted by molar-refractivity contribution is -0.130. The molecule has 192 valence electrons. The summed E-state index contributed by atoms with van der Waals surface area (Å²) in [4.78, 5) is 43.4. The van der Waals surface area contributed by atoms with Gasteiger partial charge in [0.1, 0.15) is 11.7 Å². The second-order valence-corrected chi connectivity index (χ2v) is 10.2. The summed E-state index contributed by atoms with van der Waals surface area (Å²) in [7, 11) is 0. The molecule has 3 aliphatic heterocycles. The Labute approximate surface area is 211 Å². The Kier molecular flexibility index (Phi) is 7.04. The summed E-state index contributed by atoms with van der Waals surface area (Å²) in [6.45, 7) is 5.91. The number of hydrogen-bond donors (Lipinski definition) is 3. The number of nitrogens with one attached hydrogen (secondary N) is 3. The third kappa shape index (κ3) is 4.61. The number of carbonyl (C=O) groups is 3. The lowest BCUT2D eigenvalue weighted by Gasteiger charge is -2.34. The van der Waals surface area contributed by atoms with Crippen LogP contribution in [0.3, 0.4) is 0 Å². The van der Waals surface area contributed by atoms with Crippen molar-refractivity contribution in [3.05, 3.63) is 41.2 Å². The number of aromatic amines is 1. The first-order chi connectivity index (χ1) is 17.5. The smallest absolute Gasteiger partial charge is 0.244 e. The largest absolute Gasteiger partial charge is 0.348 e. The van der Waals surface area contributed by atoms with Crippen LogP contribution in [0, 0.1) is 5.92 Å². The first-order valence-electron chi connectivity index (χ1n) is 13.1. The highest BCUT2D eigenvalue weighted by molar-refractivity contribution is 6.06. The van der Waals surface area contributed by atoms with Gasteiger partial charge in [0.05, 0.1) is 24.5 Å². The van der Waals surface area contributed by atoms with Crippen molar-refractivity contribution in [2.75, 3.05) is 18.0 Å². The second kappa shape index (κ2) is 10.4. The number of aromatic nitrogens is 3. The Balaban J connectivity index is 1.34. The van der Waals surface area contributed by atoms with E-state index in [4.69, 9.17) is 0 Å². The van der Waals surface area contributed by atoms with Crippen LogP contribution in [0.1, 0.15) is 56.4 Å². The lowest BCUT2D eigenvalue weighted by Crippen LogP contribution is -2.56. The van der Waals surface area contributed by atoms with Crippen molar-refractivity contribution in [2.45, 2.75) is 77.0 Å². The highest BCUT2D eigenvalue weighted by atomic mass is 16.2. The van der Waals surface area contributed by atoms with E-state index in [1.165, 1.54) is 0 Å². The molecule has 2 aromatic rings. The number of benzene rings is 1. The summed E-state index contributed by atoms with van der Waals surface area (Å²) in [5.74, 6) is 0.256. The maximum Gasteiger partial charge on any atom is 0.244 e. The maximum absolute atomic E-state index is 13.9. The molecule has 3 aliphatic rings. The minimum absolute atomic E-state index is 0.0547. The van der Waals surface area contributed by atoms with E-state index in [0.29, 0.717) is 37.4 Å². The minimum Gasteiger partial charge on any atom is -0.348 e. The van der Waals surface area contributed by atoms with Crippen LogP contribution in [0.2, 0.25) is 0 Å². The van der Waals surface area contributed by atoms with Gasteiger partial charge in [0.25, 0.3) is 0 Å². The zero-order chi connectivity index (χ0) is 25.2. The topological polar surface area (TPSA) is 123 Å². The summed E-state index contributed by atoms with van der Waals surface area (Å²) in [6.07, 6.45) is 5.93. The molecule has 36 heavy (non-hydrogen) atoms. The number of para-hydroxylation sites is 1. The van der Waals surface area contributed by atoms with Crippen molar-refractivity contribution in [1.82, 2.24) is 30.9 Å². The monoisotopic (exact) mass is 493 g/mol. The molecule has 0 aliphatic carbocycles. The number of carbonyl (C=O) groups excluding carboxylic acids is 3. The molecule has 4 atom stereocenters. The van der Waals surface area contributed by atoms with Crippen LogP contribution >= 0.6 is 0 Å². The van der Waals surface area contributed by atoms with Crippen molar-refractivity contribution in [3.63, 3.8) is 0 Å². The average molecular weight is 494 g/mol. The second-order valence-electron chi connectivity index (χ2n) is 10.2. The van der Waals surface area contributed by atoms with Crippen LogP contribution in [0.4, 0.5) is 5.69 Å². The van der Waals surface area contributed by atoms with Gasteiger partial charge in [-0.2, -0.15) is 15.4 Å². The van der Waals surface area contributed by atoms with E-state index in [2.05, 4.69) is 46.0 Å². The van der Waals surface area contributed by atoms with Crippen LogP contribution in [0.5, 0.6) is 0 Å². The van der Waals surface area contributed by atoms with Gasteiger partial charge in [-0.3, -0.25) is 19.3 Å². The predicted molar refractivity (Wildman–Crippen MR) is 134 cm³/mol. The van der Waals surface area contributed by atoms with Crippen LogP contribution in [0.15, 0.2) is 24.4 Å². The molecule has 1 fully saturated rings. The minimum atomic E-state index is -0.603. The molecule has 10 nitrogen and oxygen atoms in total. The van der Waals surface area contributed by atoms with Gasteiger partial charge in [0.2, 0.25) is 17.7 Å². The molecular weight excluding hydrogens is 458 g/mol. The van der Waals surface area contributed by atoms with Crippen molar-refractivity contribution in [3.8, 4) is 0 Å². The Hall–Kier alpha value is -3.27. The molecule has 0 bridgehead atoms. The maximum atomic E-state index is 13.9. The first-order valence-corrected chi connectivity index (χ1v) is 13.1. The van der Waals surface area contributed by atoms with Crippen LogP contribution in [0.25, 0.3) is 0 Å². The van der Waals surface area contributed by atoms with E-state index in [-0.39, 0.29) is 30.3 Å². The molecule has 4 heterocycles. The first kappa shape index (κ1) is 24.4. The Morgan fingerprint density at radius 2 is 2.08 bits per heavy atom. The zero-order valence-corrected chi connectivity index (χ0v) is 21.0. The predicted octanol–water partition coefficient (Wildman–Crippen LogP) is 1.32. The number of H-pyrrole nitrogens is 1. The summed E-state index contributed by atoms with van der Waals surface area (Å²) in [6, 6.07) is 5.11. The SMILES string of the molecule is CC[C@H](C)[C@@H](CN[C@H]1CCc2cccc3c2N(C1=O)[C@H](C(=O)NCc1cn[nH]n1)C3)N1CCCC1=O. The molecule has 0 spiro atoms. The van der Waals surface area contributed by atoms with Gasteiger partial charge in [0, 0.05) is 32.0 Å². The number of nitrogens with zero attached hydrogens (tertiary/aromatic N) is 4. The normalized spacial score (nSPS) is 22.9. The number of likely N-dealkylation sites (tertiary alicyclic amines) is 1. The summed E-state index contributed by atoms with van der Waals surface area (Å²) in [5.41, 5.74) is 3.66. The summed E-state index contributed by atoms with van der Waals surface area (Å²) in [5, 5.41) is 16.8. The molecular formula is C26H35N7O3. The van der Waals surface area contributed by atoms with E-state index in [9.17, 15) is 14.4 Å². The third-order valence-corrected chi connectivity index (χ3v) is 8.00. The number of aryl methyl sites for hydroxylation is 1. The third-order valence-electron chi connectivity index (χ3n) is 8.00. The fourth-order valence-corrected chi connectivity index (χ4v) is 5.81. The number of anilines is 1. The molecule has 1 aromatic heterocycles. The molecule has 10 heteroatoms. The molecule has 3 N–H and O–H groups in total. The van der Waals surface area contributed by atoms with Crippen LogP contribution in [-0.2, 0) is 33.8 Å². The molecule has 1 saturated heterocycles. The fraction of sp³-hybridized carbons (Fsp3) is 0.577. The molecule has 5 rings (SSSR count). The van der Waals surface area contributed by atoms with E-state index in [0.717, 1.165) is 42.6 Å². The molecule has 0 radical (unpaired) electrons. The van der Waals surface area contributed by atoms with Crippen molar-refractivity contribution >= 4 is 23.4 Å². The van der Waals surface area contributed by atoms with Gasteiger partial charge in [-0.15, -0.1) is 0 Å². The standard InChI is InChI=1S/C26H35N7O3/c1-3-16(2)22(32-11-5-8-23(32)34)15-27-20-10-9-17-6-4-7-18-12-21(33(24(17)18)26(20)36)25(35)28-13-19-14-29-31-30-19/h4,6-7,14,16,20-22,27H,3,5,8-13,15H2,1-2H3,(H,28,35)(H,29,30,31)/t16-,20-,21-,22+/m0/s1. The Morgan fingerprint density at radius 3 is 2.81 bits per heavy atom. The average Bonchev–Trinajstić information content (AvgIpc) is 3.62. The van der Waals surface area contributed by atoms with E-state index in [1.807, 2.05) is 17.0 Å². The van der Waals surface area contributed by atoms with E-state index in [1.54, 1.807) is 11.1 Å². The number of amides is 3. The van der Waals surface area contributed by atoms with E-state index >= 15 is 0 Å².